The van der Waals surface area contributed by atoms with Gasteiger partial charge in [-0.05, 0) is 33.8 Å². The molecule has 0 saturated carbocycles. The lowest BCUT2D eigenvalue weighted by Crippen LogP contribution is -2.41. The van der Waals surface area contributed by atoms with Crippen LogP contribution in [0, 0.1) is 0 Å². The lowest BCUT2D eigenvalue weighted by molar-refractivity contribution is 0.00578. The highest BCUT2D eigenvalue weighted by molar-refractivity contribution is 6.46. The second-order valence-corrected chi connectivity index (χ2v) is 5.82. The van der Waals surface area contributed by atoms with E-state index in [0.29, 0.717) is 0 Å². The second kappa shape index (κ2) is 5.07. The van der Waals surface area contributed by atoms with Crippen molar-refractivity contribution in [2.45, 2.75) is 38.9 Å². The molecule has 0 aliphatic carbocycles. The maximum Gasteiger partial charge on any atom is 0.478 e. The Bertz CT molecular complexity index is 551. The predicted octanol–water partition coefficient (Wildman–Crippen LogP) is 0.736. The van der Waals surface area contributed by atoms with Crippen molar-refractivity contribution in [3.05, 3.63) is 34.2 Å². The van der Waals surface area contributed by atoms with Crippen LogP contribution in [0.2, 0.25) is 0 Å². The summed E-state index contributed by atoms with van der Waals surface area (Å²) in [6.07, 6.45) is 0.225. The topological polar surface area (TPSA) is 80.4 Å². The molecule has 0 atom stereocenters. The molecule has 0 aromatic carbocycles. The number of hydrogen-bond donors (Lipinski definition) is 2. The molecule has 1 aliphatic rings. The Hall–Kier alpha value is -1.60. The molecule has 1 saturated heterocycles. The number of carbonyl (C=O) groups is 1. The van der Waals surface area contributed by atoms with Crippen LogP contribution < -0.4 is 10.9 Å². The molecule has 1 fully saturated rings. The molecule has 0 spiro atoms. The first-order chi connectivity index (χ1) is 9.21. The van der Waals surface area contributed by atoms with E-state index in [2.05, 4.69) is 10.3 Å². The smallest absolute Gasteiger partial charge is 0.402 e. The van der Waals surface area contributed by atoms with Crippen molar-refractivity contribution in [2.24, 2.45) is 0 Å². The Balaban J connectivity index is 1.94. The molecule has 1 aromatic heterocycles. The maximum atomic E-state index is 11.9. The van der Waals surface area contributed by atoms with Crippen molar-refractivity contribution < 1.29 is 14.1 Å². The molecule has 1 aliphatic heterocycles. The van der Waals surface area contributed by atoms with Crippen LogP contribution in [0.3, 0.4) is 0 Å². The monoisotopic (exact) mass is 278 g/mol. The fraction of sp³-hybridized carbons (Fsp3) is 0.538. The Labute approximate surface area is 118 Å². The van der Waals surface area contributed by atoms with Crippen molar-refractivity contribution in [1.29, 1.82) is 0 Å². The number of rotatable bonds is 3. The van der Waals surface area contributed by atoms with Crippen molar-refractivity contribution in [1.82, 2.24) is 10.3 Å². The summed E-state index contributed by atoms with van der Waals surface area (Å²) < 4.78 is 11.5. The minimum Gasteiger partial charge on any atom is -0.402 e. The first-order valence-electron chi connectivity index (χ1n) is 6.54. The second-order valence-electron chi connectivity index (χ2n) is 5.82. The lowest BCUT2D eigenvalue weighted by Gasteiger charge is -2.32. The summed E-state index contributed by atoms with van der Waals surface area (Å²) in [5.74, 6) is -0.364. The van der Waals surface area contributed by atoms with E-state index in [-0.39, 0.29) is 23.6 Å². The van der Waals surface area contributed by atoms with Crippen LogP contribution in [0.25, 0.3) is 0 Å². The van der Waals surface area contributed by atoms with Crippen molar-refractivity contribution in [2.75, 3.05) is 6.44 Å². The quantitative estimate of drug-likeness (QED) is 0.799. The van der Waals surface area contributed by atoms with Gasteiger partial charge < -0.3 is 19.6 Å². The highest BCUT2D eigenvalue weighted by atomic mass is 16.7. The summed E-state index contributed by atoms with van der Waals surface area (Å²) in [6.45, 7) is 7.79. The molecule has 2 N–H and O–H groups in total. The van der Waals surface area contributed by atoms with E-state index in [1.807, 2.05) is 27.7 Å². The zero-order valence-electron chi connectivity index (χ0n) is 12.1. The molecule has 2 rings (SSSR count). The van der Waals surface area contributed by atoms with Gasteiger partial charge in [-0.2, -0.15) is 0 Å². The molecular weight excluding hydrogens is 259 g/mol. The molecular formula is C13H19BN2O4. The standard InChI is InChI=1S/C13H19BN2O4/c1-12(2)13(3,4)20-14(19-12)8-15-11(18)9-6-5-7-10(17)16-9/h5-7H,8H2,1-4H3,(H,15,18)(H,16,17). The highest BCUT2D eigenvalue weighted by Crippen LogP contribution is 2.36. The van der Waals surface area contributed by atoms with Crippen molar-refractivity contribution in [3.8, 4) is 0 Å². The zero-order chi connectivity index (χ0) is 15.0. The third-order valence-corrected chi connectivity index (χ3v) is 3.74. The first kappa shape index (κ1) is 14.8. The number of nitrogens with one attached hydrogen (secondary N) is 2. The number of H-pyrrole nitrogens is 1. The Kier molecular flexibility index (Phi) is 3.75. The van der Waals surface area contributed by atoms with Gasteiger partial charge in [0.05, 0.1) is 17.6 Å². The van der Waals surface area contributed by atoms with E-state index in [0.717, 1.165) is 0 Å². The van der Waals surface area contributed by atoms with Crippen LogP contribution in [0.5, 0.6) is 0 Å². The van der Waals surface area contributed by atoms with E-state index < -0.39 is 18.3 Å². The van der Waals surface area contributed by atoms with Gasteiger partial charge in [0.15, 0.2) is 0 Å². The third-order valence-electron chi connectivity index (χ3n) is 3.74. The summed E-state index contributed by atoms with van der Waals surface area (Å²) in [5.41, 5.74) is -0.949. The van der Waals surface area contributed by atoms with Crippen molar-refractivity contribution in [3.63, 3.8) is 0 Å². The minimum atomic E-state index is -0.501. The summed E-state index contributed by atoms with van der Waals surface area (Å²) in [6, 6.07) is 4.43. The maximum absolute atomic E-state index is 11.9. The van der Waals surface area contributed by atoms with Gasteiger partial charge in [-0.3, -0.25) is 9.59 Å². The van der Waals surface area contributed by atoms with Gasteiger partial charge in [-0.1, -0.05) is 6.07 Å². The van der Waals surface area contributed by atoms with E-state index in [9.17, 15) is 9.59 Å². The number of amides is 1. The lowest BCUT2D eigenvalue weighted by atomic mass is 9.90. The van der Waals surface area contributed by atoms with Crippen LogP contribution in [0.4, 0.5) is 0 Å². The van der Waals surface area contributed by atoms with Crippen LogP contribution in [-0.4, -0.2) is 35.7 Å². The minimum absolute atomic E-state index is 0.217. The number of aromatic amines is 1. The van der Waals surface area contributed by atoms with E-state index in [4.69, 9.17) is 9.31 Å². The Morgan fingerprint density at radius 1 is 1.25 bits per heavy atom. The molecule has 1 amide bonds. The van der Waals surface area contributed by atoms with Gasteiger partial charge >= 0.3 is 7.12 Å². The summed E-state index contributed by atoms with van der Waals surface area (Å²) in [4.78, 5) is 25.5. The largest absolute Gasteiger partial charge is 0.478 e. The normalized spacial score (nSPS) is 19.9. The zero-order valence-corrected chi connectivity index (χ0v) is 12.1. The van der Waals surface area contributed by atoms with Crippen LogP contribution >= 0.6 is 0 Å². The number of pyridine rings is 1. The Morgan fingerprint density at radius 2 is 1.85 bits per heavy atom. The van der Waals surface area contributed by atoms with Crippen LogP contribution in [0.1, 0.15) is 38.2 Å². The average molecular weight is 278 g/mol. The van der Waals surface area contributed by atoms with Crippen LogP contribution in [0.15, 0.2) is 23.0 Å². The molecule has 108 valence electrons. The molecule has 20 heavy (non-hydrogen) atoms. The van der Waals surface area contributed by atoms with Crippen molar-refractivity contribution >= 4 is 13.0 Å². The SMILES string of the molecule is CC1(C)OB(CNC(=O)c2cccc(=O)[nH]2)OC1(C)C. The van der Waals surface area contributed by atoms with Gasteiger partial charge in [-0.25, -0.2) is 0 Å². The predicted molar refractivity (Wildman–Crippen MR) is 75.5 cm³/mol. The molecule has 1 aromatic rings. The fourth-order valence-corrected chi connectivity index (χ4v) is 1.90. The molecule has 0 unspecified atom stereocenters. The summed E-state index contributed by atoms with van der Waals surface area (Å²) in [5, 5.41) is 2.68. The highest BCUT2D eigenvalue weighted by Gasteiger charge is 2.50. The molecule has 0 bridgehead atoms. The average Bonchev–Trinajstić information content (AvgIpc) is 2.55. The van der Waals surface area contributed by atoms with Gasteiger partial charge in [0, 0.05) is 6.07 Å². The van der Waals surface area contributed by atoms with Crippen LogP contribution in [-0.2, 0) is 9.31 Å². The molecule has 6 nitrogen and oxygen atoms in total. The van der Waals surface area contributed by atoms with E-state index in [1.165, 1.54) is 12.1 Å². The van der Waals surface area contributed by atoms with E-state index >= 15 is 0 Å². The third kappa shape index (κ3) is 2.94. The molecule has 7 heteroatoms. The van der Waals surface area contributed by atoms with Gasteiger partial charge in [0.2, 0.25) is 5.56 Å². The molecule has 2 heterocycles. The van der Waals surface area contributed by atoms with E-state index in [1.54, 1.807) is 6.07 Å². The summed E-state index contributed by atoms with van der Waals surface area (Å²) in [7, 11) is -0.501. The van der Waals surface area contributed by atoms with Gasteiger partial charge in [-0.15, -0.1) is 0 Å². The first-order valence-corrected chi connectivity index (χ1v) is 6.54. The number of carbonyl (C=O) groups excluding carboxylic acids is 1. The number of aromatic nitrogens is 1. The summed E-state index contributed by atoms with van der Waals surface area (Å²) >= 11 is 0. The van der Waals surface area contributed by atoms with Gasteiger partial charge in [0.25, 0.3) is 5.91 Å². The number of hydrogen-bond acceptors (Lipinski definition) is 4. The van der Waals surface area contributed by atoms with Gasteiger partial charge in [0.1, 0.15) is 5.69 Å². The molecule has 0 radical (unpaired) electrons. The Morgan fingerprint density at radius 3 is 2.40 bits per heavy atom. The fourth-order valence-electron chi connectivity index (χ4n) is 1.90.